The van der Waals surface area contributed by atoms with Gasteiger partial charge in [-0.15, -0.1) is 11.3 Å². The number of ether oxygens (including phenoxy) is 1. The Bertz CT molecular complexity index is 634. The van der Waals surface area contributed by atoms with Crippen LogP contribution < -0.4 is 5.73 Å². The molecule has 0 spiro atoms. The minimum absolute atomic E-state index is 0.174. The number of esters is 1. The minimum atomic E-state index is -0.290. The largest absolute Gasteiger partial charge is 0.465 e. The van der Waals surface area contributed by atoms with Crippen LogP contribution in [-0.2, 0) is 16.0 Å². The highest BCUT2D eigenvalue weighted by Gasteiger charge is 2.09. The fourth-order valence-corrected chi connectivity index (χ4v) is 3.30. The molecule has 2 rings (SSSR count). The van der Waals surface area contributed by atoms with Crippen LogP contribution in [0.3, 0.4) is 0 Å². The van der Waals surface area contributed by atoms with Gasteiger partial charge in [-0.1, -0.05) is 23.4 Å². The molecule has 21 heavy (non-hydrogen) atoms. The molecule has 0 aliphatic carbocycles. The molecule has 5 nitrogen and oxygen atoms in total. The van der Waals surface area contributed by atoms with Crippen molar-refractivity contribution in [3.05, 3.63) is 33.1 Å². The van der Waals surface area contributed by atoms with Crippen molar-refractivity contribution in [2.24, 2.45) is 0 Å². The third kappa shape index (κ3) is 4.87. The summed E-state index contributed by atoms with van der Waals surface area (Å²) in [5.74, 6) is 0.301. The number of halogens is 1. The molecule has 0 saturated carbocycles. The molecule has 112 valence electrons. The minimum Gasteiger partial charge on any atom is -0.465 e. The van der Waals surface area contributed by atoms with Crippen molar-refractivity contribution in [1.29, 1.82) is 0 Å². The maximum atomic E-state index is 11.3. The van der Waals surface area contributed by atoms with Gasteiger partial charge in [0.25, 0.3) is 0 Å². The summed E-state index contributed by atoms with van der Waals surface area (Å²) in [5, 5.41) is 0.466. The zero-order chi connectivity index (χ0) is 15.2. The summed E-state index contributed by atoms with van der Waals surface area (Å²) < 4.78 is 5.58. The Morgan fingerprint density at radius 1 is 1.52 bits per heavy atom. The van der Waals surface area contributed by atoms with Gasteiger partial charge in [-0.05, 0) is 19.1 Å². The third-order valence-corrected chi connectivity index (χ3v) is 4.56. The number of aromatic nitrogens is 2. The van der Waals surface area contributed by atoms with E-state index in [1.54, 1.807) is 13.1 Å². The van der Waals surface area contributed by atoms with Crippen LogP contribution in [0.2, 0.25) is 4.34 Å². The van der Waals surface area contributed by atoms with Crippen molar-refractivity contribution in [1.82, 2.24) is 9.97 Å². The summed E-state index contributed by atoms with van der Waals surface area (Å²) in [6.45, 7) is 2.13. The lowest BCUT2D eigenvalue weighted by Crippen LogP contribution is -2.08. The smallest absolute Gasteiger partial charge is 0.316 e. The quantitative estimate of drug-likeness (QED) is 0.493. The summed E-state index contributed by atoms with van der Waals surface area (Å²) in [4.78, 5) is 20.8. The van der Waals surface area contributed by atoms with E-state index in [0.29, 0.717) is 24.0 Å². The number of rotatable bonds is 6. The van der Waals surface area contributed by atoms with Gasteiger partial charge in [0.15, 0.2) is 5.16 Å². The lowest BCUT2D eigenvalue weighted by atomic mass is 10.2. The van der Waals surface area contributed by atoms with E-state index in [4.69, 9.17) is 22.1 Å². The predicted octanol–water partition coefficient (Wildman–Crippen LogP) is 3.02. The Hall–Kier alpha value is -1.31. The summed E-state index contributed by atoms with van der Waals surface area (Å²) in [5.41, 5.74) is 6.77. The first-order valence-electron chi connectivity index (χ1n) is 6.22. The number of anilines is 1. The van der Waals surface area contributed by atoms with Crippen LogP contribution >= 0.6 is 34.7 Å². The number of nitrogen functional groups attached to an aromatic ring is 1. The predicted molar refractivity (Wildman–Crippen MR) is 85.9 cm³/mol. The van der Waals surface area contributed by atoms with Gasteiger partial charge >= 0.3 is 5.97 Å². The Labute approximate surface area is 135 Å². The highest BCUT2D eigenvalue weighted by Crippen LogP contribution is 2.25. The van der Waals surface area contributed by atoms with Crippen molar-refractivity contribution < 1.29 is 9.53 Å². The van der Waals surface area contributed by atoms with Gasteiger partial charge in [0.1, 0.15) is 5.82 Å². The molecule has 0 aliphatic rings. The van der Waals surface area contributed by atoms with E-state index in [-0.39, 0.29) is 11.7 Å². The van der Waals surface area contributed by atoms with Crippen LogP contribution in [0.4, 0.5) is 5.82 Å². The van der Waals surface area contributed by atoms with Crippen molar-refractivity contribution in [2.75, 3.05) is 18.1 Å². The highest BCUT2D eigenvalue weighted by atomic mass is 35.5. The number of carbonyl (C=O) groups excluding carboxylic acids is 1. The molecule has 2 aromatic heterocycles. The Balaban J connectivity index is 1.98. The van der Waals surface area contributed by atoms with Gasteiger partial charge in [0.05, 0.1) is 16.7 Å². The van der Waals surface area contributed by atoms with E-state index in [9.17, 15) is 4.79 Å². The first-order chi connectivity index (χ1) is 10.1. The van der Waals surface area contributed by atoms with Crippen molar-refractivity contribution in [2.45, 2.75) is 18.5 Å². The topological polar surface area (TPSA) is 78.1 Å². The second-order valence-electron chi connectivity index (χ2n) is 4.04. The molecule has 0 unspecified atom stereocenters. The number of nitrogens with zero attached hydrogens (tertiary/aromatic N) is 2. The molecule has 0 atom stereocenters. The molecule has 8 heteroatoms. The second kappa shape index (κ2) is 7.63. The average molecular weight is 344 g/mol. The first kappa shape index (κ1) is 16.1. The van der Waals surface area contributed by atoms with E-state index < -0.39 is 0 Å². The Kier molecular flexibility index (Phi) is 5.84. The Morgan fingerprint density at radius 2 is 2.33 bits per heavy atom. The fraction of sp³-hybridized carbons (Fsp3) is 0.308. The molecule has 2 aromatic rings. The highest BCUT2D eigenvalue weighted by molar-refractivity contribution is 7.99. The standard InChI is InChI=1S/C13H14ClN3O2S2/c1-2-19-11(18)7-20-13-16-6-8(12(15)17-13)5-9-3-4-10(14)21-9/h3-4,6H,2,5,7H2,1H3,(H2,15,16,17). The van der Waals surface area contributed by atoms with E-state index in [2.05, 4.69) is 9.97 Å². The van der Waals surface area contributed by atoms with Crippen LogP contribution in [-0.4, -0.2) is 28.3 Å². The SMILES string of the molecule is CCOC(=O)CSc1ncc(Cc2ccc(Cl)s2)c(N)n1. The van der Waals surface area contributed by atoms with E-state index in [0.717, 1.165) is 14.8 Å². The van der Waals surface area contributed by atoms with Crippen LogP contribution in [0.15, 0.2) is 23.5 Å². The molecule has 0 fully saturated rings. The Morgan fingerprint density at radius 3 is 2.95 bits per heavy atom. The molecular formula is C13H14ClN3O2S2. The van der Waals surface area contributed by atoms with Crippen LogP contribution in [0, 0.1) is 0 Å². The van der Waals surface area contributed by atoms with E-state index >= 15 is 0 Å². The van der Waals surface area contributed by atoms with Gasteiger partial charge in [-0.2, -0.15) is 0 Å². The van der Waals surface area contributed by atoms with E-state index in [1.165, 1.54) is 23.1 Å². The lowest BCUT2D eigenvalue weighted by molar-refractivity contribution is -0.139. The molecule has 2 N–H and O–H groups in total. The normalized spacial score (nSPS) is 10.6. The maximum absolute atomic E-state index is 11.3. The maximum Gasteiger partial charge on any atom is 0.316 e. The van der Waals surface area contributed by atoms with Crippen LogP contribution in [0.5, 0.6) is 0 Å². The van der Waals surface area contributed by atoms with Gasteiger partial charge in [-0.25, -0.2) is 9.97 Å². The number of carbonyl (C=O) groups is 1. The molecule has 2 heterocycles. The molecule has 0 amide bonds. The number of nitrogens with two attached hydrogens (primary N) is 1. The van der Waals surface area contributed by atoms with Gasteiger partial charge in [0, 0.05) is 23.1 Å². The lowest BCUT2D eigenvalue weighted by Gasteiger charge is -2.05. The molecule has 0 aromatic carbocycles. The fourth-order valence-electron chi connectivity index (χ4n) is 1.57. The zero-order valence-electron chi connectivity index (χ0n) is 11.3. The molecule has 0 bridgehead atoms. The molecule has 0 saturated heterocycles. The van der Waals surface area contributed by atoms with Crippen molar-refractivity contribution in [3.63, 3.8) is 0 Å². The van der Waals surface area contributed by atoms with Crippen LogP contribution in [0.1, 0.15) is 17.4 Å². The second-order valence-corrected chi connectivity index (χ2v) is 6.78. The molecule has 0 radical (unpaired) electrons. The first-order valence-corrected chi connectivity index (χ1v) is 8.40. The number of thioether (sulfide) groups is 1. The number of thiophene rings is 1. The van der Waals surface area contributed by atoms with E-state index in [1.807, 2.05) is 12.1 Å². The van der Waals surface area contributed by atoms with Gasteiger partial charge < -0.3 is 10.5 Å². The number of hydrogen-bond acceptors (Lipinski definition) is 7. The summed E-state index contributed by atoms with van der Waals surface area (Å²) in [7, 11) is 0. The average Bonchev–Trinajstić information content (AvgIpc) is 2.85. The molecule has 0 aliphatic heterocycles. The van der Waals surface area contributed by atoms with Gasteiger partial charge in [-0.3, -0.25) is 4.79 Å². The molecular weight excluding hydrogens is 330 g/mol. The summed E-state index contributed by atoms with van der Waals surface area (Å²) >= 11 is 8.61. The number of hydrogen-bond donors (Lipinski definition) is 1. The van der Waals surface area contributed by atoms with Crippen LogP contribution in [0.25, 0.3) is 0 Å². The summed E-state index contributed by atoms with van der Waals surface area (Å²) in [6.07, 6.45) is 2.33. The van der Waals surface area contributed by atoms with Gasteiger partial charge in [0.2, 0.25) is 0 Å². The monoisotopic (exact) mass is 343 g/mol. The van der Waals surface area contributed by atoms with Crippen molar-refractivity contribution >= 4 is 46.5 Å². The van der Waals surface area contributed by atoms with Crippen molar-refractivity contribution in [3.8, 4) is 0 Å². The summed E-state index contributed by atoms with van der Waals surface area (Å²) in [6, 6.07) is 3.80. The third-order valence-electron chi connectivity index (χ3n) is 2.49. The zero-order valence-corrected chi connectivity index (χ0v) is 13.7.